The molecule has 1 amide bonds. The van der Waals surface area contributed by atoms with Crippen molar-refractivity contribution in [1.82, 2.24) is 4.90 Å². The zero-order valence-corrected chi connectivity index (χ0v) is 14.0. The third-order valence-electron chi connectivity index (χ3n) is 4.35. The number of carboxylic acids is 1. The highest BCUT2D eigenvalue weighted by Crippen LogP contribution is 2.41. The third kappa shape index (κ3) is 2.69. The lowest BCUT2D eigenvalue weighted by molar-refractivity contribution is -0.136. The standard InChI is InChI=1S/C17H16FNO4S/c1-8-3-4-15(24-8)17(23)19-9(2)10(6-16(21)22)11-5-14(20)12(18)7-13(11)19/h3-5,12-13H,6-7H2,1-2H3,(H,21,22). The van der Waals surface area contributed by atoms with Crippen molar-refractivity contribution in [2.45, 2.75) is 38.9 Å². The Bertz CT molecular complexity index is 807. The molecule has 1 aliphatic heterocycles. The van der Waals surface area contributed by atoms with Crippen LogP contribution < -0.4 is 0 Å². The number of carbonyl (C=O) groups is 3. The fraction of sp³-hybridized carbons (Fsp3) is 0.353. The second-order valence-corrected chi connectivity index (χ2v) is 7.23. The largest absolute Gasteiger partial charge is 0.481 e. The number of rotatable bonds is 3. The van der Waals surface area contributed by atoms with Crippen LogP contribution in [0.5, 0.6) is 0 Å². The normalized spacial score (nSPS) is 23.4. The smallest absolute Gasteiger partial charge is 0.307 e. The number of carbonyl (C=O) groups excluding carboxylic acids is 2. The summed E-state index contributed by atoms with van der Waals surface area (Å²) in [5.41, 5.74) is 1.36. The maximum absolute atomic E-state index is 13.9. The van der Waals surface area contributed by atoms with Crippen LogP contribution in [0, 0.1) is 6.92 Å². The summed E-state index contributed by atoms with van der Waals surface area (Å²) in [7, 11) is 0. The second kappa shape index (κ2) is 5.98. The first kappa shape index (κ1) is 16.6. The summed E-state index contributed by atoms with van der Waals surface area (Å²) >= 11 is 1.33. The lowest BCUT2D eigenvalue weighted by Crippen LogP contribution is -2.40. The van der Waals surface area contributed by atoms with Crippen LogP contribution in [0.3, 0.4) is 0 Å². The first-order valence-electron chi connectivity index (χ1n) is 7.51. The van der Waals surface area contributed by atoms with E-state index in [4.69, 9.17) is 5.11 Å². The number of carboxylic acid groups (broad SMARTS) is 1. The molecular weight excluding hydrogens is 333 g/mol. The van der Waals surface area contributed by atoms with Gasteiger partial charge in [-0.15, -0.1) is 11.3 Å². The third-order valence-corrected chi connectivity index (χ3v) is 5.34. The number of aryl methyl sites for hydroxylation is 1. The maximum atomic E-state index is 13.9. The molecule has 126 valence electrons. The van der Waals surface area contributed by atoms with Crippen LogP contribution in [0.15, 0.2) is 35.1 Å². The molecule has 0 spiro atoms. The van der Waals surface area contributed by atoms with Gasteiger partial charge in [0, 0.05) is 17.0 Å². The predicted octanol–water partition coefficient (Wildman–Crippen LogP) is 2.87. The van der Waals surface area contributed by atoms with Gasteiger partial charge in [-0.1, -0.05) is 0 Å². The number of alkyl halides is 1. The summed E-state index contributed by atoms with van der Waals surface area (Å²) in [6.45, 7) is 3.53. The van der Waals surface area contributed by atoms with Gasteiger partial charge >= 0.3 is 5.97 Å². The van der Waals surface area contributed by atoms with Gasteiger partial charge in [-0.3, -0.25) is 14.4 Å². The van der Waals surface area contributed by atoms with Crippen molar-refractivity contribution in [1.29, 1.82) is 0 Å². The molecule has 1 aromatic rings. The maximum Gasteiger partial charge on any atom is 0.307 e. The van der Waals surface area contributed by atoms with Crippen LogP contribution in [0.4, 0.5) is 4.39 Å². The molecule has 2 atom stereocenters. The molecule has 2 heterocycles. The van der Waals surface area contributed by atoms with Crippen molar-refractivity contribution in [3.63, 3.8) is 0 Å². The minimum Gasteiger partial charge on any atom is -0.481 e. The van der Waals surface area contributed by atoms with Crippen molar-refractivity contribution >= 4 is 29.0 Å². The molecule has 7 heteroatoms. The van der Waals surface area contributed by atoms with E-state index in [1.165, 1.54) is 16.2 Å². The zero-order valence-electron chi connectivity index (χ0n) is 13.2. The van der Waals surface area contributed by atoms with Crippen molar-refractivity contribution in [3.05, 3.63) is 44.8 Å². The molecule has 5 nitrogen and oxygen atoms in total. The molecule has 0 fully saturated rings. The molecule has 0 bridgehead atoms. The van der Waals surface area contributed by atoms with E-state index in [1.54, 1.807) is 13.0 Å². The van der Waals surface area contributed by atoms with Gasteiger partial charge in [-0.2, -0.15) is 0 Å². The SMILES string of the molecule is CC1=C(CC(=O)O)C2=CC(=O)C(F)CC2N1C(=O)c1ccc(C)s1. The predicted molar refractivity (Wildman–Crippen MR) is 86.6 cm³/mol. The highest BCUT2D eigenvalue weighted by atomic mass is 32.1. The molecule has 0 saturated carbocycles. The van der Waals surface area contributed by atoms with Crippen molar-refractivity contribution in [3.8, 4) is 0 Å². The zero-order chi connectivity index (χ0) is 17.6. The fourth-order valence-corrected chi connectivity index (χ4v) is 4.05. The molecule has 2 aliphatic rings. The topological polar surface area (TPSA) is 74.7 Å². The molecule has 2 unspecified atom stereocenters. The Hall–Kier alpha value is -2.28. The summed E-state index contributed by atoms with van der Waals surface area (Å²) < 4.78 is 13.9. The van der Waals surface area contributed by atoms with Crippen LogP contribution in [0.2, 0.25) is 0 Å². The van der Waals surface area contributed by atoms with E-state index < -0.39 is 24.0 Å². The Morgan fingerprint density at radius 3 is 2.67 bits per heavy atom. The number of hydrogen-bond acceptors (Lipinski definition) is 4. The summed E-state index contributed by atoms with van der Waals surface area (Å²) in [6.07, 6.45) is -0.948. The molecule has 24 heavy (non-hydrogen) atoms. The van der Waals surface area contributed by atoms with Crippen LogP contribution in [-0.2, 0) is 9.59 Å². The minimum atomic E-state index is -1.67. The van der Waals surface area contributed by atoms with Gasteiger partial charge in [0.15, 0.2) is 12.0 Å². The van der Waals surface area contributed by atoms with Crippen molar-refractivity contribution < 1.29 is 23.9 Å². The van der Waals surface area contributed by atoms with E-state index in [0.29, 0.717) is 21.7 Å². The summed E-state index contributed by atoms with van der Waals surface area (Å²) in [4.78, 5) is 38.6. The van der Waals surface area contributed by atoms with Gasteiger partial charge in [0.2, 0.25) is 0 Å². The fourth-order valence-electron chi connectivity index (χ4n) is 3.24. The Balaban J connectivity index is 2.06. The summed E-state index contributed by atoms with van der Waals surface area (Å²) in [5, 5.41) is 9.12. The number of thiophene rings is 1. The van der Waals surface area contributed by atoms with Gasteiger partial charge in [-0.25, -0.2) is 4.39 Å². The lowest BCUT2D eigenvalue weighted by atomic mass is 9.88. The molecule has 1 N–H and O–H groups in total. The molecule has 0 aromatic carbocycles. The van der Waals surface area contributed by atoms with E-state index in [2.05, 4.69) is 0 Å². The Kier molecular flexibility index (Phi) is 4.13. The van der Waals surface area contributed by atoms with E-state index in [1.807, 2.05) is 13.0 Å². The Morgan fingerprint density at radius 2 is 2.08 bits per heavy atom. The Labute approximate surface area is 142 Å². The van der Waals surface area contributed by atoms with Gasteiger partial charge in [0.05, 0.1) is 17.3 Å². The molecule has 3 rings (SSSR count). The lowest BCUT2D eigenvalue weighted by Gasteiger charge is -2.29. The van der Waals surface area contributed by atoms with Crippen LogP contribution in [0.1, 0.15) is 34.3 Å². The van der Waals surface area contributed by atoms with Gasteiger partial charge < -0.3 is 10.0 Å². The van der Waals surface area contributed by atoms with E-state index in [-0.39, 0.29) is 18.7 Å². The van der Waals surface area contributed by atoms with Gasteiger partial charge in [-0.05, 0) is 43.2 Å². The molecule has 1 aliphatic carbocycles. The van der Waals surface area contributed by atoms with Crippen LogP contribution in [-0.4, -0.2) is 39.9 Å². The number of allylic oxidation sites excluding steroid dienone is 2. The number of fused-ring (bicyclic) bond motifs is 1. The molecule has 1 aromatic heterocycles. The average molecular weight is 349 g/mol. The number of amides is 1. The van der Waals surface area contributed by atoms with Crippen LogP contribution >= 0.6 is 11.3 Å². The van der Waals surface area contributed by atoms with E-state index in [0.717, 1.165) is 11.0 Å². The summed E-state index contributed by atoms with van der Waals surface area (Å²) in [6, 6.07) is 2.90. The minimum absolute atomic E-state index is 0.138. The Morgan fingerprint density at radius 1 is 1.38 bits per heavy atom. The first-order valence-corrected chi connectivity index (χ1v) is 8.32. The highest BCUT2D eigenvalue weighted by Gasteiger charge is 2.44. The second-order valence-electron chi connectivity index (χ2n) is 5.94. The first-order chi connectivity index (χ1) is 11.3. The average Bonchev–Trinajstić information content (AvgIpc) is 3.03. The number of hydrogen-bond donors (Lipinski definition) is 1. The molecule has 0 saturated heterocycles. The van der Waals surface area contributed by atoms with Crippen molar-refractivity contribution in [2.75, 3.05) is 0 Å². The number of aliphatic carboxylic acids is 1. The van der Waals surface area contributed by atoms with Crippen LogP contribution in [0.25, 0.3) is 0 Å². The quantitative estimate of drug-likeness (QED) is 0.910. The monoisotopic (exact) mass is 349 g/mol. The number of nitrogens with zero attached hydrogens (tertiary/aromatic N) is 1. The van der Waals surface area contributed by atoms with Crippen molar-refractivity contribution in [2.24, 2.45) is 0 Å². The number of halogens is 1. The number of ketones is 1. The molecular formula is C17H16FNO4S. The molecule has 0 radical (unpaired) electrons. The van der Waals surface area contributed by atoms with E-state index >= 15 is 0 Å². The van der Waals surface area contributed by atoms with Gasteiger partial charge in [0.25, 0.3) is 5.91 Å². The van der Waals surface area contributed by atoms with Gasteiger partial charge in [0.1, 0.15) is 0 Å². The summed E-state index contributed by atoms with van der Waals surface area (Å²) in [5.74, 6) is -2.01. The van der Waals surface area contributed by atoms with E-state index in [9.17, 15) is 18.8 Å². The highest BCUT2D eigenvalue weighted by molar-refractivity contribution is 7.13.